The van der Waals surface area contributed by atoms with Crippen LogP contribution < -0.4 is 5.73 Å². The van der Waals surface area contributed by atoms with E-state index in [1.807, 2.05) is 0 Å². The van der Waals surface area contributed by atoms with Gasteiger partial charge in [0.05, 0.1) is 5.54 Å². The normalized spacial score (nSPS) is 18.9. The van der Waals surface area contributed by atoms with E-state index in [1.165, 1.54) is 9.80 Å². The van der Waals surface area contributed by atoms with E-state index in [0.717, 1.165) is 6.92 Å². The van der Waals surface area contributed by atoms with E-state index in [1.54, 1.807) is 13.8 Å². The Morgan fingerprint density at radius 1 is 1.10 bits per heavy atom. The summed E-state index contributed by atoms with van der Waals surface area (Å²) >= 11 is 0. The van der Waals surface area contributed by atoms with Crippen LogP contribution in [-0.4, -0.2) is 59.6 Å². The number of alkyl halides is 3. The summed E-state index contributed by atoms with van der Waals surface area (Å²) in [7, 11) is 0. The first kappa shape index (κ1) is 22.0. The molecule has 1 aliphatic heterocycles. The number of carbonyl (C=O) groups is 1. The average molecular weight is 340 g/mol. The number of nitrogens with two attached hydrogens (primary N) is 1. The van der Waals surface area contributed by atoms with Crippen molar-refractivity contribution < 1.29 is 18.0 Å². The number of rotatable bonds is 2. The van der Waals surface area contributed by atoms with Crippen molar-refractivity contribution >= 4 is 30.7 Å². The van der Waals surface area contributed by atoms with Crippen molar-refractivity contribution in [2.45, 2.75) is 38.5 Å². The minimum atomic E-state index is -4.22. The topological polar surface area (TPSA) is 49.6 Å². The van der Waals surface area contributed by atoms with Gasteiger partial charge >= 0.3 is 6.18 Å². The molecule has 1 saturated heterocycles. The Balaban J connectivity index is 0. The molecule has 4 nitrogen and oxygen atoms in total. The molecule has 1 rings (SSSR count). The molecule has 1 heterocycles. The highest BCUT2D eigenvalue weighted by Crippen LogP contribution is 2.25. The van der Waals surface area contributed by atoms with E-state index >= 15 is 0 Å². The highest BCUT2D eigenvalue weighted by molar-refractivity contribution is 5.86. The lowest BCUT2D eigenvalue weighted by molar-refractivity contribution is -0.183. The van der Waals surface area contributed by atoms with Gasteiger partial charge < -0.3 is 10.6 Å². The van der Waals surface area contributed by atoms with Gasteiger partial charge in [0.1, 0.15) is 6.04 Å². The van der Waals surface area contributed by atoms with Gasteiger partial charge in [0.15, 0.2) is 0 Å². The lowest BCUT2D eigenvalue weighted by Crippen LogP contribution is -2.59. The second-order valence-corrected chi connectivity index (χ2v) is 5.27. The fourth-order valence-corrected chi connectivity index (χ4v) is 1.93. The first-order valence-corrected chi connectivity index (χ1v) is 5.92. The van der Waals surface area contributed by atoms with Crippen molar-refractivity contribution in [1.82, 2.24) is 9.80 Å². The van der Waals surface area contributed by atoms with Crippen LogP contribution in [0.5, 0.6) is 0 Å². The number of hydrogen-bond acceptors (Lipinski definition) is 3. The maximum Gasteiger partial charge on any atom is 0.403 e. The van der Waals surface area contributed by atoms with E-state index in [0.29, 0.717) is 13.1 Å². The Morgan fingerprint density at radius 2 is 1.50 bits per heavy atom. The van der Waals surface area contributed by atoms with Crippen LogP contribution in [0.3, 0.4) is 0 Å². The Bertz CT molecular complexity index is 313. The lowest BCUT2D eigenvalue weighted by atomic mass is 10.0. The van der Waals surface area contributed by atoms with Crippen LogP contribution in [-0.2, 0) is 4.79 Å². The number of piperazine rings is 1. The number of amides is 1. The minimum absolute atomic E-state index is 0. The first-order chi connectivity index (χ1) is 8.03. The standard InChI is InChI=1S/C11H20F3N3O.2ClH/c1-8(11(12,13)14)16-4-6-17(7-5-16)9(18)10(2,3)15;;/h8H,4-7,15H2,1-3H3;2*1H. The van der Waals surface area contributed by atoms with Crippen molar-refractivity contribution in [1.29, 1.82) is 0 Å². The lowest BCUT2D eigenvalue weighted by Gasteiger charge is -2.40. The average Bonchev–Trinajstić information content (AvgIpc) is 2.25. The zero-order chi connectivity index (χ0) is 14.1. The molecule has 9 heteroatoms. The third-order valence-corrected chi connectivity index (χ3v) is 3.17. The largest absolute Gasteiger partial charge is 0.403 e. The molecule has 122 valence electrons. The van der Waals surface area contributed by atoms with Gasteiger partial charge in [-0.25, -0.2) is 0 Å². The van der Waals surface area contributed by atoms with Gasteiger partial charge in [-0.3, -0.25) is 9.69 Å². The minimum Gasteiger partial charge on any atom is -0.339 e. The summed E-state index contributed by atoms with van der Waals surface area (Å²) < 4.78 is 37.6. The molecule has 0 aliphatic carbocycles. The van der Waals surface area contributed by atoms with Crippen LogP contribution in [0.15, 0.2) is 0 Å². The number of nitrogens with zero attached hydrogens (tertiary/aromatic N) is 2. The molecule has 20 heavy (non-hydrogen) atoms. The van der Waals surface area contributed by atoms with Crippen LogP contribution in [0, 0.1) is 0 Å². The highest BCUT2D eigenvalue weighted by atomic mass is 35.5. The summed E-state index contributed by atoms with van der Waals surface area (Å²) in [4.78, 5) is 14.7. The van der Waals surface area contributed by atoms with E-state index in [-0.39, 0.29) is 43.8 Å². The molecule has 1 atom stereocenters. The third kappa shape index (κ3) is 5.63. The molecular formula is C11H22Cl2F3N3O. The first-order valence-electron chi connectivity index (χ1n) is 5.92. The van der Waals surface area contributed by atoms with Crippen LogP contribution in [0.1, 0.15) is 20.8 Å². The number of hydrogen-bond donors (Lipinski definition) is 1. The second kappa shape index (κ2) is 7.68. The van der Waals surface area contributed by atoms with E-state index in [2.05, 4.69) is 0 Å². The molecular weight excluding hydrogens is 318 g/mol. The van der Waals surface area contributed by atoms with Crippen molar-refractivity contribution in [2.24, 2.45) is 5.73 Å². The molecule has 1 amide bonds. The zero-order valence-electron chi connectivity index (χ0n) is 11.7. The molecule has 1 fully saturated rings. The predicted molar refractivity (Wildman–Crippen MR) is 76.4 cm³/mol. The molecule has 1 aliphatic rings. The fraction of sp³-hybridized carbons (Fsp3) is 0.909. The van der Waals surface area contributed by atoms with Gasteiger partial charge in [-0.05, 0) is 20.8 Å². The Morgan fingerprint density at radius 3 is 1.80 bits per heavy atom. The summed E-state index contributed by atoms with van der Waals surface area (Å²) in [6, 6.07) is -1.47. The van der Waals surface area contributed by atoms with E-state index < -0.39 is 17.8 Å². The molecule has 0 saturated carbocycles. The van der Waals surface area contributed by atoms with Crippen LogP contribution in [0.2, 0.25) is 0 Å². The quantitative estimate of drug-likeness (QED) is 0.832. The maximum atomic E-state index is 12.5. The van der Waals surface area contributed by atoms with Crippen molar-refractivity contribution in [3.8, 4) is 0 Å². The smallest absolute Gasteiger partial charge is 0.339 e. The molecule has 0 radical (unpaired) electrons. The van der Waals surface area contributed by atoms with Crippen LogP contribution >= 0.6 is 24.8 Å². The van der Waals surface area contributed by atoms with Gasteiger partial charge in [-0.1, -0.05) is 0 Å². The molecule has 1 unspecified atom stereocenters. The fourth-order valence-electron chi connectivity index (χ4n) is 1.93. The van der Waals surface area contributed by atoms with Crippen molar-refractivity contribution in [3.05, 3.63) is 0 Å². The van der Waals surface area contributed by atoms with E-state index in [4.69, 9.17) is 5.73 Å². The Hall–Kier alpha value is -0.240. The summed E-state index contributed by atoms with van der Waals surface area (Å²) in [5, 5.41) is 0. The Kier molecular flexibility index (Phi) is 8.46. The van der Waals surface area contributed by atoms with Crippen molar-refractivity contribution in [2.75, 3.05) is 26.2 Å². The van der Waals surface area contributed by atoms with Gasteiger partial charge in [-0.15, -0.1) is 24.8 Å². The molecule has 2 N–H and O–H groups in total. The highest BCUT2D eigenvalue weighted by Gasteiger charge is 2.41. The number of halogens is 5. The summed E-state index contributed by atoms with van der Waals surface area (Å²) in [5.74, 6) is -0.221. The maximum absolute atomic E-state index is 12.5. The Labute approximate surface area is 129 Å². The molecule has 0 aromatic rings. The summed E-state index contributed by atoms with van der Waals surface area (Å²) in [6.07, 6.45) is -4.22. The SMILES string of the molecule is CC(N1CCN(C(=O)C(C)(C)N)CC1)C(F)(F)F.Cl.Cl. The van der Waals surface area contributed by atoms with Crippen molar-refractivity contribution in [3.63, 3.8) is 0 Å². The van der Waals surface area contributed by atoms with Crippen LogP contribution in [0.4, 0.5) is 13.2 Å². The monoisotopic (exact) mass is 339 g/mol. The number of carbonyl (C=O) groups excluding carboxylic acids is 1. The van der Waals surface area contributed by atoms with Gasteiger partial charge in [0, 0.05) is 26.2 Å². The second-order valence-electron chi connectivity index (χ2n) is 5.27. The molecule has 0 aromatic carbocycles. The summed E-state index contributed by atoms with van der Waals surface area (Å²) in [5.41, 5.74) is 4.71. The molecule has 0 bridgehead atoms. The van der Waals surface area contributed by atoms with Gasteiger partial charge in [0.25, 0.3) is 0 Å². The molecule has 0 aromatic heterocycles. The third-order valence-electron chi connectivity index (χ3n) is 3.17. The molecule has 0 spiro atoms. The van der Waals surface area contributed by atoms with Gasteiger partial charge in [-0.2, -0.15) is 13.2 Å². The predicted octanol–water partition coefficient (Wildman–Crippen LogP) is 1.66. The zero-order valence-corrected chi connectivity index (χ0v) is 13.4. The van der Waals surface area contributed by atoms with E-state index in [9.17, 15) is 18.0 Å². The van der Waals surface area contributed by atoms with Gasteiger partial charge in [0.2, 0.25) is 5.91 Å². The summed E-state index contributed by atoms with van der Waals surface area (Å²) in [6.45, 7) is 5.37. The van der Waals surface area contributed by atoms with Crippen LogP contribution in [0.25, 0.3) is 0 Å².